The van der Waals surface area contributed by atoms with Crippen molar-refractivity contribution in [1.82, 2.24) is 15.1 Å². The Kier molecular flexibility index (Phi) is 5.37. The molecule has 6 nitrogen and oxygen atoms in total. The van der Waals surface area contributed by atoms with E-state index in [4.69, 9.17) is 4.74 Å². The highest BCUT2D eigenvalue weighted by molar-refractivity contribution is 5.82. The van der Waals surface area contributed by atoms with Crippen molar-refractivity contribution >= 4 is 5.91 Å². The van der Waals surface area contributed by atoms with E-state index < -0.39 is 0 Å². The molecule has 2 saturated heterocycles. The molecule has 2 heterocycles. The molecule has 0 aromatic rings. The number of ether oxygens (including phenoxy) is 1. The Bertz CT molecular complexity index is 338. The summed E-state index contributed by atoms with van der Waals surface area (Å²) in [5.74, 6) is 0.140. The number of carbonyl (C=O) groups is 1. The molecule has 1 amide bonds. The van der Waals surface area contributed by atoms with Crippen molar-refractivity contribution in [2.24, 2.45) is 0 Å². The van der Waals surface area contributed by atoms with Crippen molar-refractivity contribution in [2.75, 3.05) is 39.3 Å². The van der Waals surface area contributed by atoms with E-state index in [1.54, 1.807) is 6.92 Å². The Hall–Kier alpha value is -0.690. The lowest BCUT2D eigenvalue weighted by molar-refractivity contribution is -0.142. The van der Waals surface area contributed by atoms with Crippen molar-refractivity contribution in [3.05, 3.63) is 0 Å². The largest absolute Gasteiger partial charge is 0.392 e. The van der Waals surface area contributed by atoms with Crippen LogP contribution in [0.3, 0.4) is 0 Å². The van der Waals surface area contributed by atoms with Gasteiger partial charge in [0.1, 0.15) is 6.04 Å². The highest BCUT2D eigenvalue weighted by Crippen LogP contribution is 2.14. The summed E-state index contributed by atoms with van der Waals surface area (Å²) in [6, 6.07) is 0.0568. The number of hydrogen-bond acceptors (Lipinski definition) is 5. The van der Waals surface area contributed by atoms with Crippen LogP contribution in [-0.4, -0.2) is 84.4 Å². The van der Waals surface area contributed by atoms with Crippen LogP contribution in [0.25, 0.3) is 0 Å². The monoisotopic (exact) mass is 285 g/mol. The normalized spacial score (nSPS) is 34.0. The zero-order chi connectivity index (χ0) is 14.7. The second-order valence-corrected chi connectivity index (χ2v) is 5.98. The van der Waals surface area contributed by atoms with E-state index >= 15 is 0 Å². The van der Waals surface area contributed by atoms with Gasteiger partial charge in [-0.1, -0.05) is 0 Å². The molecule has 0 bridgehead atoms. The fraction of sp³-hybridized carbons (Fsp3) is 0.929. The highest BCUT2D eigenvalue weighted by atomic mass is 16.5. The summed E-state index contributed by atoms with van der Waals surface area (Å²) in [7, 11) is 0. The number of piperazine rings is 1. The Morgan fingerprint density at radius 2 is 2.20 bits per heavy atom. The molecule has 4 atom stereocenters. The standard InChI is InChI=1S/C14H27N3O3/c1-10-8-17(6-5-16(10)9-11(2)18)14(19)13-12(3)20-7-4-15-13/h10-13,15,18H,4-9H2,1-3H3/t10?,11?,12-,13+/m1/s1. The third-order valence-corrected chi connectivity index (χ3v) is 4.16. The zero-order valence-corrected chi connectivity index (χ0v) is 12.7. The Morgan fingerprint density at radius 1 is 1.45 bits per heavy atom. The predicted octanol–water partition coefficient (Wildman–Crippen LogP) is -0.723. The third-order valence-electron chi connectivity index (χ3n) is 4.16. The highest BCUT2D eigenvalue weighted by Gasteiger charge is 2.35. The van der Waals surface area contributed by atoms with Gasteiger partial charge in [-0.25, -0.2) is 0 Å². The van der Waals surface area contributed by atoms with E-state index in [2.05, 4.69) is 17.1 Å². The van der Waals surface area contributed by atoms with E-state index in [0.717, 1.165) is 26.2 Å². The van der Waals surface area contributed by atoms with Crippen molar-refractivity contribution in [1.29, 1.82) is 0 Å². The Morgan fingerprint density at radius 3 is 2.80 bits per heavy atom. The molecule has 2 fully saturated rings. The van der Waals surface area contributed by atoms with Crippen LogP contribution in [0.2, 0.25) is 0 Å². The van der Waals surface area contributed by atoms with E-state index in [0.29, 0.717) is 13.2 Å². The van der Waals surface area contributed by atoms with Gasteiger partial charge in [-0.3, -0.25) is 9.69 Å². The van der Waals surface area contributed by atoms with Crippen molar-refractivity contribution in [2.45, 2.75) is 45.1 Å². The van der Waals surface area contributed by atoms with E-state index in [1.807, 2.05) is 11.8 Å². The first kappa shape index (κ1) is 15.7. The summed E-state index contributed by atoms with van der Waals surface area (Å²) >= 11 is 0. The lowest BCUT2D eigenvalue weighted by Crippen LogP contribution is -2.61. The van der Waals surface area contributed by atoms with Crippen LogP contribution < -0.4 is 5.32 Å². The van der Waals surface area contributed by atoms with E-state index in [9.17, 15) is 9.90 Å². The maximum absolute atomic E-state index is 12.6. The molecule has 20 heavy (non-hydrogen) atoms. The molecule has 0 aliphatic carbocycles. The number of hydrogen-bond donors (Lipinski definition) is 2. The lowest BCUT2D eigenvalue weighted by atomic mass is 10.1. The summed E-state index contributed by atoms with van der Waals surface area (Å²) in [5.41, 5.74) is 0. The van der Waals surface area contributed by atoms with Gasteiger partial charge >= 0.3 is 0 Å². The SMILES string of the molecule is CC(O)CN1CCN(C(=O)[C@H]2NCCO[C@@H]2C)CC1C. The average Bonchev–Trinajstić information content (AvgIpc) is 2.40. The van der Waals surface area contributed by atoms with Gasteiger partial charge in [-0.15, -0.1) is 0 Å². The third kappa shape index (κ3) is 3.69. The van der Waals surface area contributed by atoms with Gasteiger partial charge in [-0.05, 0) is 20.8 Å². The maximum atomic E-state index is 12.6. The minimum atomic E-state index is -0.326. The molecule has 2 rings (SSSR count). The molecule has 0 spiro atoms. The smallest absolute Gasteiger partial charge is 0.242 e. The number of carbonyl (C=O) groups excluding carboxylic acids is 1. The topological polar surface area (TPSA) is 65.0 Å². The van der Waals surface area contributed by atoms with Gasteiger partial charge in [0.25, 0.3) is 0 Å². The molecule has 0 aromatic carbocycles. The number of aliphatic hydroxyl groups excluding tert-OH is 1. The number of nitrogens with zero attached hydrogens (tertiary/aromatic N) is 2. The molecule has 2 aliphatic heterocycles. The molecular weight excluding hydrogens is 258 g/mol. The lowest BCUT2D eigenvalue weighted by Gasteiger charge is -2.42. The van der Waals surface area contributed by atoms with E-state index in [-0.39, 0.29) is 30.2 Å². The number of nitrogens with one attached hydrogen (secondary N) is 1. The molecular formula is C14H27N3O3. The quantitative estimate of drug-likeness (QED) is 0.716. The van der Waals surface area contributed by atoms with Gasteiger partial charge in [-0.2, -0.15) is 0 Å². The van der Waals surface area contributed by atoms with E-state index in [1.165, 1.54) is 0 Å². The summed E-state index contributed by atoms with van der Waals surface area (Å²) in [5, 5.41) is 12.7. The second kappa shape index (κ2) is 6.85. The molecule has 0 radical (unpaired) electrons. The van der Waals surface area contributed by atoms with Crippen LogP contribution in [0.1, 0.15) is 20.8 Å². The number of β-amino-alcohol motifs (C(OH)–C–C–N with tert-alkyl or cyclic N) is 1. The minimum absolute atomic E-state index is 0.0675. The zero-order valence-electron chi connectivity index (χ0n) is 12.7. The molecule has 2 unspecified atom stereocenters. The van der Waals surface area contributed by atoms with Crippen molar-refractivity contribution in [3.63, 3.8) is 0 Å². The Labute approximate surface area is 121 Å². The fourth-order valence-electron chi connectivity index (χ4n) is 3.01. The molecule has 2 aliphatic rings. The van der Waals surface area contributed by atoms with Crippen LogP contribution in [0, 0.1) is 0 Å². The van der Waals surface area contributed by atoms with Crippen LogP contribution in [0.5, 0.6) is 0 Å². The second-order valence-electron chi connectivity index (χ2n) is 5.98. The van der Waals surface area contributed by atoms with Gasteiger partial charge in [0.2, 0.25) is 5.91 Å². The van der Waals surface area contributed by atoms with Gasteiger partial charge < -0.3 is 20.1 Å². The summed E-state index contributed by atoms with van der Waals surface area (Å²) < 4.78 is 5.55. The maximum Gasteiger partial charge on any atom is 0.242 e. The van der Waals surface area contributed by atoms with Crippen LogP contribution >= 0.6 is 0 Å². The van der Waals surface area contributed by atoms with Gasteiger partial charge in [0.15, 0.2) is 0 Å². The first-order chi connectivity index (χ1) is 9.49. The number of amides is 1. The minimum Gasteiger partial charge on any atom is -0.392 e. The summed E-state index contributed by atoms with van der Waals surface area (Å²) in [4.78, 5) is 16.7. The predicted molar refractivity (Wildman–Crippen MR) is 76.5 cm³/mol. The molecule has 0 aromatic heterocycles. The first-order valence-electron chi connectivity index (χ1n) is 7.55. The molecule has 116 valence electrons. The summed E-state index contributed by atoms with van der Waals surface area (Å²) in [6.45, 7) is 10.2. The van der Waals surface area contributed by atoms with Crippen LogP contribution in [0.15, 0.2) is 0 Å². The number of morpholine rings is 1. The van der Waals surface area contributed by atoms with Crippen LogP contribution in [0.4, 0.5) is 0 Å². The molecule has 2 N–H and O–H groups in total. The Balaban J connectivity index is 1.89. The van der Waals surface area contributed by atoms with Gasteiger partial charge in [0, 0.05) is 38.8 Å². The number of rotatable bonds is 3. The molecule has 0 saturated carbocycles. The van der Waals surface area contributed by atoms with Crippen molar-refractivity contribution < 1.29 is 14.6 Å². The fourth-order valence-corrected chi connectivity index (χ4v) is 3.01. The van der Waals surface area contributed by atoms with Crippen LogP contribution in [-0.2, 0) is 9.53 Å². The molecule has 6 heteroatoms. The first-order valence-corrected chi connectivity index (χ1v) is 7.55. The number of aliphatic hydroxyl groups is 1. The van der Waals surface area contributed by atoms with Gasteiger partial charge in [0.05, 0.1) is 18.8 Å². The van der Waals surface area contributed by atoms with Crippen molar-refractivity contribution in [3.8, 4) is 0 Å². The summed E-state index contributed by atoms with van der Waals surface area (Å²) in [6.07, 6.45) is -0.393. The average molecular weight is 285 g/mol.